The van der Waals surface area contributed by atoms with Gasteiger partial charge in [-0.2, -0.15) is 0 Å². The van der Waals surface area contributed by atoms with Crippen molar-refractivity contribution in [3.63, 3.8) is 0 Å². The first-order valence-corrected chi connectivity index (χ1v) is 12.9. The smallest absolute Gasteiger partial charge is 0.330 e. The average molecular weight is 473 g/mol. The zero-order valence-corrected chi connectivity index (χ0v) is 21.0. The van der Waals surface area contributed by atoms with E-state index in [-0.39, 0.29) is 11.4 Å². The molecule has 2 saturated carbocycles. The second-order valence-electron chi connectivity index (χ2n) is 10.8. The average Bonchev–Trinajstić information content (AvgIpc) is 3.19. The fourth-order valence-corrected chi connectivity index (χ4v) is 7.30. The molecule has 2 aromatic carbocycles. The number of esters is 1. The topological polar surface area (TPSA) is 55.8 Å². The van der Waals surface area contributed by atoms with E-state index >= 15 is 0 Å². The molecular formula is C31H36O4. The van der Waals surface area contributed by atoms with Crippen LogP contribution in [0.1, 0.15) is 62.1 Å². The number of hydrogen-bond acceptors (Lipinski definition) is 4. The molecule has 2 fully saturated rings. The van der Waals surface area contributed by atoms with E-state index in [4.69, 9.17) is 4.74 Å². The summed E-state index contributed by atoms with van der Waals surface area (Å²) in [5.74, 6) is 3.56. The molecular weight excluding hydrogens is 436 g/mol. The molecule has 5 rings (SSSR count). The van der Waals surface area contributed by atoms with Crippen molar-refractivity contribution in [2.75, 3.05) is 13.7 Å². The number of methoxy groups -OCH3 is 1. The van der Waals surface area contributed by atoms with Crippen LogP contribution in [0.4, 0.5) is 0 Å². The summed E-state index contributed by atoms with van der Waals surface area (Å²) in [6.07, 6.45) is 11.4. The van der Waals surface area contributed by atoms with Crippen molar-refractivity contribution in [2.45, 2.75) is 51.9 Å². The maximum Gasteiger partial charge on any atom is 0.330 e. The predicted molar refractivity (Wildman–Crippen MR) is 138 cm³/mol. The van der Waals surface area contributed by atoms with E-state index < -0.39 is 0 Å². The summed E-state index contributed by atoms with van der Waals surface area (Å²) in [5.41, 5.74) is 5.61. The molecule has 3 aliphatic rings. The first-order chi connectivity index (χ1) is 16.9. The SMILES string of the molecule is COC(=O)/C=C/c1ccc(OC/C=C2\CCC3C4C(CCC23C)c2ccc(O)cc2C[C@H]4C)cc1. The quantitative estimate of drug-likeness (QED) is 0.299. The van der Waals surface area contributed by atoms with E-state index in [0.717, 1.165) is 17.7 Å². The number of phenolic OH excluding ortho intramolecular Hbond substituents is 1. The highest BCUT2D eigenvalue weighted by Crippen LogP contribution is 2.63. The summed E-state index contributed by atoms with van der Waals surface area (Å²) < 4.78 is 10.7. The second-order valence-corrected chi connectivity index (χ2v) is 10.8. The highest BCUT2D eigenvalue weighted by atomic mass is 16.5. The fraction of sp³-hybridized carbons (Fsp3) is 0.452. The standard InChI is InChI=1S/C31H36O4/c1-20-18-22-19-24(32)8-11-26(22)27-14-16-31(2)23(7-12-28(31)30(20)27)15-17-35-25-9-4-21(5-10-25)6-13-29(33)34-3/h4-6,8-11,13,15,19-20,27-28,30,32H,7,12,14,16-18H2,1-3H3/b13-6+,23-15+/t20-,27?,28?,30?,31?/m1/s1. The van der Waals surface area contributed by atoms with E-state index in [0.29, 0.717) is 36.0 Å². The van der Waals surface area contributed by atoms with Gasteiger partial charge < -0.3 is 14.6 Å². The van der Waals surface area contributed by atoms with Crippen molar-refractivity contribution in [3.8, 4) is 11.5 Å². The molecule has 184 valence electrons. The summed E-state index contributed by atoms with van der Waals surface area (Å²) in [4.78, 5) is 11.3. The van der Waals surface area contributed by atoms with Gasteiger partial charge in [0.2, 0.25) is 0 Å². The van der Waals surface area contributed by atoms with Crippen LogP contribution in [0.25, 0.3) is 6.08 Å². The molecule has 0 radical (unpaired) electrons. The van der Waals surface area contributed by atoms with Crippen molar-refractivity contribution in [1.29, 1.82) is 0 Å². The first-order valence-electron chi connectivity index (χ1n) is 12.9. The minimum absolute atomic E-state index is 0.260. The number of ether oxygens (including phenoxy) is 2. The number of rotatable bonds is 5. The lowest BCUT2D eigenvalue weighted by molar-refractivity contribution is -0.134. The molecule has 4 unspecified atom stereocenters. The zero-order chi connectivity index (χ0) is 24.6. The van der Waals surface area contributed by atoms with E-state index in [1.54, 1.807) is 11.6 Å². The van der Waals surface area contributed by atoms with Crippen LogP contribution >= 0.6 is 0 Å². The number of phenols is 1. The number of carbonyl (C=O) groups is 1. The van der Waals surface area contributed by atoms with Crippen LogP contribution in [0, 0.1) is 23.2 Å². The van der Waals surface area contributed by atoms with Crippen LogP contribution in [0.15, 0.2) is 60.2 Å². The summed E-state index contributed by atoms with van der Waals surface area (Å²) in [6.45, 7) is 5.50. The van der Waals surface area contributed by atoms with Gasteiger partial charge in [-0.25, -0.2) is 4.79 Å². The molecule has 0 saturated heterocycles. The van der Waals surface area contributed by atoms with Crippen LogP contribution in [0.2, 0.25) is 0 Å². The molecule has 5 atom stereocenters. The third kappa shape index (κ3) is 4.51. The molecule has 2 aromatic rings. The number of benzene rings is 2. The summed E-state index contributed by atoms with van der Waals surface area (Å²) in [5, 5.41) is 9.99. The lowest BCUT2D eigenvalue weighted by atomic mass is 9.52. The van der Waals surface area contributed by atoms with Gasteiger partial charge in [0.1, 0.15) is 18.1 Å². The number of carbonyl (C=O) groups excluding carboxylic acids is 1. The van der Waals surface area contributed by atoms with Gasteiger partial charge in [0.25, 0.3) is 0 Å². The van der Waals surface area contributed by atoms with Crippen molar-refractivity contribution < 1.29 is 19.4 Å². The molecule has 0 spiro atoms. The Hall–Kier alpha value is -3.01. The second kappa shape index (κ2) is 9.56. The summed E-state index contributed by atoms with van der Waals surface area (Å²) in [7, 11) is 1.37. The Bertz CT molecular complexity index is 1150. The predicted octanol–water partition coefficient (Wildman–Crippen LogP) is 6.69. The Labute approximate surface area is 208 Å². The van der Waals surface area contributed by atoms with Crippen LogP contribution in [0.3, 0.4) is 0 Å². The van der Waals surface area contributed by atoms with Gasteiger partial charge in [0.05, 0.1) is 7.11 Å². The Morgan fingerprint density at radius 3 is 2.74 bits per heavy atom. The van der Waals surface area contributed by atoms with Gasteiger partial charge in [-0.3, -0.25) is 0 Å². The van der Waals surface area contributed by atoms with Crippen molar-refractivity contribution in [3.05, 3.63) is 76.9 Å². The van der Waals surface area contributed by atoms with Crippen molar-refractivity contribution >= 4 is 12.0 Å². The minimum atomic E-state index is -0.361. The summed E-state index contributed by atoms with van der Waals surface area (Å²) >= 11 is 0. The maximum atomic E-state index is 11.3. The Morgan fingerprint density at radius 2 is 1.97 bits per heavy atom. The molecule has 1 N–H and O–H groups in total. The Morgan fingerprint density at radius 1 is 1.17 bits per heavy atom. The molecule has 0 aromatic heterocycles. The Balaban J connectivity index is 1.26. The van der Waals surface area contributed by atoms with Crippen molar-refractivity contribution in [1.82, 2.24) is 0 Å². The van der Waals surface area contributed by atoms with Crippen molar-refractivity contribution in [2.24, 2.45) is 23.2 Å². The highest BCUT2D eigenvalue weighted by Gasteiger charge is 2.54. The van der Waals surface area contributed by atoms with Gasteiger partial charge in [-0.15, -0.1) is 0 Å². The van der Waals surface area contributed by atoms with Gasteiger partial charge in [-0.1, -0.05) is 37.6 Å². The molecule has 35 heavy (non-hydrogen) atoms. The van der Waals surface area contributed by atoms with Crippen LogP contribution in [-0.2, 0) is 16.0 Å². The Kier molecular flexibility index (Phi) is 6.48. The lowest BCUT2D eigenvalue weighted by Gasteiger charge is -2.52. The molecule has 4 heteroatoms. The lowest BCUT2D eigenvalue weighted by Crippen LogP contribution is -2.43. The molecule has 4 nitrogen and oxygen atoms in total. The molecule has 0 aliphatic heterocycles. The molecule has 0 bridgehead atoms. The third-order valence-corrected chi connectivity index (χ3v) is 8.98. The monoisotopic (exact) mass is 472 g/mol. The first kappa shape index (κ1) is 23.7. The van der Waals surface area contributed by atoms with Crippen LogP contribution in [-0.4, -0.2) is 24.8 Å². The highest BCUT2D eigenvalue weighted by molar-refractivity contribution is 5.86. The number of aromatic hydroxyl groups is 1. The normalized spacial score (nSPS) is 30.5. The molecule has 3 aliphatic carbocycles. The van der Waals surface area contributed by atoms with Gasteiger partial charge >= 0.3 is 5.97 Å². The van der Waals surface area contributed by atoms with Gasteiger partial charge in [0.15, 0.2) is 0 Å². The molecule has 0 heterocycles. The van der Waals surface area contributed by atoms with E-state index in [2.05, 4.69) is 30.7 Å². The van der Waals surface area contributed by atoms with Gasteiger partial charge in [0, 0.05) is 6.08 Å². The number of hydrogen-bond donors (Lipinski definition) is 1. The van der Waals surface area contributed by atoms with E-state index in [1.807, 2.05) is 36.4 Å². The van der Waals surface area contributed by atoms with Gasteiger partial charge in [-0.05, 0) is 114 Å². The van der Waals surface area contributed by atoms with E-state index in [9.17, 15) is 9.90 Å². The summed E-state index contributed by atoms with van der Waals surface area (Å²) in [6, 6.07) is 13.8. The minimum Gasteiger partial charge on any atom is -0.508 e. The third-order valence-electron chi connectivity index (χ3n) is 8.98. The number of allylic oxidation sites excluding steroid dienone is 1. The molecule has 0 amide bonds. The zero-order valence-electron chi connectivity index (χ0n) is 21.0. The number of fused-ring (bicyclic) bond motifs is 5. The maximum absolute atomic E-state index is 11.3. The van der Waals surface area contributed by atoms with Crippen LogP contribution < -0.4 is 4.74 Å². The van der Waals surface area contributed by atoms with Crippen LogP contribution in [0.5, 0.6) is 11.5 Å². The largest absolute Gasteiger partial charge is 0.508 e. The van der Waals surface area contributed by atoms with E-state index in [1.165, 1.54) is 50.0 Å². The fourth-order valence-electron chi connectivity index (χ4n) is 7.30.